The van der Waals surface area contributed by atoms with Crippen molar-refractivity contribution in [3.63, 3.8) is 0 Å². The summed E-state index contributed by atoms with van der Waals surface area (Å²) < 4.78 is 18.5. The molecule has 5 nitrogen and oxygen atoms in total. The molecule has 1 aromatic heterocycles. The highest BCUT2D eigenvalue weighted by atomic mass is 35.5. The predicted molar refractivity (Wildman–Crippen MR) is 76.3 cm³/mol. The Hall–Kier alpha value is -1.79. The molecule has 1 aliphatic heterocycles. The van der Waals surface area contributed by atoms with Crippen LogP contribution in [0.2, 0.25) is 5.02 Å². The third-order valence-corrected chi connectivity index (χ3v) is 3.43. The number of anilines is 3. The minimum absolute atomic E-state index is 0.0893. The topological polar surface area (TPSA) is 53.2 Å². The van der Waals surface area contributed by atoms with Crippen molar-refractivity contribution in [1.82, 2.24) is 10.2 Å². The Morgan fingerprint density at radius 1 is 1.35 bits per heavy atom. The molecule has 0 spiro atoms. The molecule has 0 bridgehead atoms. The zero-order valence-electron chi connectivity index (χ0n) is 10.7. The third kappa shape index (κ3) is 2.71. The Kier molecular flexibility index (Phi) is 3.75. The molecule has 1 fully saturated rings. The zero-order chi connectivity index (χ0) is 13.9. The summed E-state index contributed by atoms with van der Waals surface area (Å²) >= 11 is 5.78. The monoisotopic (exact) mass is 296 g/mol. The van der Waals surface area contributed by atoms with Crippen LogP contribution in [-0.4, -0.2) is 36.5 Å². The van der Waals surface area contributed by atoms with E-state index in [0.717, 1.165) is 24.6 Å². The average molecular weight is 297 g/mol. The quantitative estimate of drug-likeness (QED) is 0.914. The van der Waals surface area contributed by atoms with Gasteiger partial charge in [-0.05, 0) is 18.2 Å². The molecule has 2 aromatic rings. The van der Waals surface area contributed by atoms with Gasteiger partial charge in [0.1, 0.15) is 17.3 Å². The fourth-order valence-electron chi connectivity index (χ4n) is 2.13. The van der Waals surface area contributed by atoms with E-state index >= 15 is 0 Å². The molecule has 0 amide bonds. The van der Waals surface area contributed by atoms with Crippen LogP contribution in [0.25, 0.3) is 0 Å². The molecule has 0 atom stereocenters. The minimum atomic E-state index is -0.433. The fraction of sp³-hybridized carbons (Fsp3) is 0.308. The molecule has 2 heterocycles. The number of benzene rings is 1. The Balaban J connectivity index is 1.80. The van der Waals surface area contributed by atoms with Crippen LogP contribution in [0.15, 0.2) is 24.4 Å². The number of aromatic amines is 1. The lowest BCUT2D eigenvalue weighted by atomic mass is 10.3. The molecule has 20 heavy (non-hydrogen) atoms. The second-order valence-corrected chi connectivity index (χ2v) is 4.89. The van der Waals surface area contributed by atoms with E-state index in [-0.39, 0.29) is 5.02 Å². The fourth-order valence-corrected chi connectivity index (χ4v) is 2.31. The molecule has 3 rings (SSSR count). The van der Waals surface area contributed by atoms with E-state index in [1.807, 2.05) is 0 Å². The van der Waals surface area contributed by atoms with Gasteiger partial charge in [0.05, 0.1) is 24.4 Å². The predicted octanol–water partition coefficient (Wildman–Crippen LogP) is 2.78. The second-order valence-electron chi connectivity index (χ2n) is 4.49. The SMILES string of the molecule is Fc1ccc(Nc2cn[nH]c2N2CCOCC2)cc1Cl. The van der Waals surface area contributed by atoms with Crippen LogP contribution in [-0.2, 0) is 4.74 Å². The molecular formula is C13H14ClFN4O. The van der Waals surface area contributed by atoms with E-state index in [1.54, 1.807) is 18.3 Å². The van der Waals surface area contributed by atoms with Crippen molar-refractivity contribution >= 4 is 28.8 Å². The number of H-pyrrole nitrogens is 1. The number of hydrogen-bond donors (Lipinski definition) is 2. The summed E-state index contributed by atoms with van der Waals surface area (Å²) in [4.78, 5) is 2.16. The summed E-state index contributed by atoms with van der Waals surface area (Å²) in [5, 5.41) is 10.3. The zero-order valence-corrected chi connectivity index (χ0v) is 11.5. The number of rotatable bonds is 3. The van der Waals surface area contributed by atoms with Crippen LogP contribution in [0.1, 0.15) is 0 Å². The van der Waals surface area contributed by atoms with Gasteiger partial charge < -0.3 is 15.0 Å². The molecule has 0 unspecified atom stereocenters. The standard InChI is InChI=1S/C13H14ClFN4O/c14-10-7-9(1-2-11(10)15)17-12-8-16-18-13(12)19-3-5-20-6-4-19/h1-2,7-8,17H,3-6H2,(H,16,18). The van der Waals surface area contributed by atoms with Crippen molar-refractivity contribution in [1.29, 1.82) is 0 Å². The molecule has 0 radical (unpaired) electrons. The molecule has 7 heteroatoms. The van der Waals surface area contributed by atoms with Crippen LogP contribution in [0.5, 0.6) is 0 Å². The van der Waals surface area contributed by atoms with Gasteiger partial charge in [-0.3, -0.25) is 5.10 Å². The lowest BCUT2D eigenvalue weighted by molar-refractivity contribution is 0.122. The van der Waals surface area contributed by atoms with Gasteiger partial charge in [-0.25, -0.2) is 4.39 Å². The normalized spacial score (nSPS) is 15.4. The van der Waals surface area contributed by atoms with Crippen molar-refractivity contribution in [2.75, 3.05) is 36.5 Å². The summed E-state index contributed by atoms with van der Waals surface area (Å²) in [6.07, 6.45) is 1.70. The van der Waals surface area contributed by atoms with Gasteiger partial charge in [-0.2, -0.15) is 5.10 Å². The van der Waals surface area contributed by atoms with E-state index in [9.17, 15) is 4.39 Å². The first-order valence-electron chi connectivity index (χ1n) is 6.32. The van der Waals surface area contributed by atoms with Gasteiger partial charge in [0, 0.05) is 18.8 Å². The third-order valence-electron chi connectivity index (χ3n) is 3.15. The Morgan fingerprint density at radius 2 is 2.15 bits per heavy atom. The van der Waals surface area contributed by atoms with Crippen molar-refractivity contribution in [2.24, 2.45) is 0 Å². The van der Waals surface area contributed by atoms with Crippen molar-refractivity contribution in [2.45, 2.75) is 0 Å². The largest absolute Gasteiger partial charge is 0.378 e. The smallest absolute Gasteiger partial charge is 0.148 e. The Bertz CT molecular complexity index is 598. The van der Waals surface area contributed by atoms with E-state index in [2.05, 4.69) is 20.4 Å². The highest BCUT2D eigenvalue weighted by Gasteiger charge is 2.16. The summed E-state index contributed by atoms with van der Waals surface area (Å²) in [5.41, 5.74) is 1.54. The van der Waals surface area contributed by atoms with Crippen LogP contribution in [0, 0.1) is 5.82 Å². The Labute approximate surface area is 120 Å². The van der Waals surface area contributed by atoms with Crippen LogP contribution < -0.4 is 10.2 Å². The first kappa shape index (κ1) is 13.2. The van der Waals surface area contributed by atoms with Crippen LogP contribution in [0.3, 0.4) is 0 Å². The minimum Gasteiger partial charge on any atom is -0.378 e. The van der Waals surface area contributed by atoms with Gasteiger partial charge in [-0.15, -0.1) is 0 Å². The Morgan fingerprint density at radius 3 is 2.90 bits per heavy atom. The maximum Gasteiger partial charge on any atom is 0.148 e. The highest BCUT2D eigenvalue weighted by molar-refractivity contribution is 6.31. The van der Waals surface area contributed by atoms with E-state index in [1.165, 1.54) is 6.07 Å². The number of nitrogens with one attached hydrogen (secondary N) is 2. The second kappa shape index (κ2) is 5.68. The first-order chi connectivity index (χ1) is 9.74. The van der Waals surface area contributed by atoms with Gasteiger partial charge in [-0.1, -0.05) is 11.6 Å². The summed E-state index contributed by atoms with van der Waals surface area (Å²) in [7, 11) is 0. The molecular weight excluding hydrogens is 283 g/mol. The maximum atomic E-state index is 13.1. The van der Waals surface area contributed by atoms with Crippen LogP contribution in [0.4, 0.5) is 21.6 Å². The number of hydrogen-bond acceptors (Lipinski definition) is 4. The summed E-state index contributed by atoms with van der Waals surface area (Å²) in [6, 6.07) is 4.52. The van der Waals surface area contributed by atoms with E-state index < -0.39 is 5.82 Å². The van der Waals surface area contributed by atoms with E-state index in [4.69, 9.17) is 16.3 Å². The van der Waals surface area contributed by atoms with Gasteiger partial charge in [0.25, 0.3) is 0 Å². The van der Waals surface area contributed by atoms with Crippen LogP contribution >= 0.6 is 11.6 Å². The van der Waals surface area contributed by atoms with Gasteiger partial charge in [0.15, 0.2) is 0 Å². The number of halogens is 2. The summed E-state index contributed by atoms with van der Waals surface area (Å²) in [5.74, 6) is 0.464. The highest BCUT2D eigenvalue weighted by Crippen LogP contribution is 2.28. The molecule has 106 valence electrons. The maximum absolute atomic E-state index is 13.1. The van der Waals surface area contributed by atoms with Crippen molar-refractivity contribution in [3.8, 4) is 0 Å². The molecule has 1 aromatic carbocycles. The number of morpholine rings is 1. The molecule has 2 N–H and O–H groups in total. The van der Waals surface area contributed by atoms with E-state index in [0.29, 0.717) is 18.9 Å². The molecule has 1 saturated heterocycles. The molecule has 0 aliphatic carbocycles. The van der Waals surface area contributed by atoms with Gasteiger partial charge >= 0.3 is 0 Å². The number of ether oxygens (including phenoxy) is 1. The summed E-state index contributed by atoms with van der Waals surface area (Å²) in [6.45, 7) is 3.00. The van der Waals surface area contributed by atoms with Crippen molar-refractivity contribution < 1.29 is 9.13 Å². The lowest BCUT2D eigenvalue weighted by Crippen LogP contribution is -2.36. The van der Waals surface area contributed by atoms with Crippen molar-refractivity contribution in [3.05, 3.63) is 35.2 Å². The molecule has 1 aliphatic rings. The molecule has 0 saturated carbocycles. The lowest BCUT2D eigenvalue weighted by Gasteiger charge is -2.28. The first-order valence-corrected chi connectivity index (χ1v) is 6.70. The number of nitrogens with zero attached hydrogens (tertiary/aromatic N) is 2. The average Bonchev–Trinajstić information content (AvgIpc) is 2.92. The van der Waals surface area contributed by atoms with Gasteiger partial charge in [0.2, 0.25) is 0 Å². The number of aromatic nitrogens is 2.